The van der Waals surface area contributed by atoms with Crippen LogP contribution in [-0.2, 0) is 22.7 Å². The molecule has 1 fully saturated rings. The Labute approximate surface area is 196 Å². The van der Waals surface area contributed by atoms with E-state index in [-0.39, 0.29) is 36.4 Å². The molecule has 3 aromatic carbocycles. The molecule has 34 heavy (non-hydrogen) atoms. The van der Waals surface area contributed by atoms with Gasteiger partial charge in [-0.25, -0.2) is 0 Å². The number of phenolic OH excluding ortho intramolecular Hbond substituents is 2. The van der Waals surface area contributed by atoms with Gasteiger partial charge in [0.1, 0.15) is 23.6 Å². The van der Waals surface area contributed by atoms with E-state index in [4.69, 9.17) is 9.47 Å². The fraction of sp³-hybridized carbons (Fsp3) is 0.231. The van der Waals surface area contributed by atoms with E-state index in [0.29, 0.717) is 22.6 Å². The highest BCUT2D eigenvalue weighted by Crippen LogP contribution is 2.49. The van der Waals surface area contributed by atoms with E-state index < -0.39 is 12.1 Å². The number of nitrogens with zero attached hydrogens (tertiary/aromatic N) is 2. The number of hydrogen-bond donors (Lipinski definition) is 2. The minimum absolute atomic E-state index is 0.229. The number of benzene rings is 3. The van der Waals surface area contributed by atoms with E-state index in [9.17, 15) is 19.8 Å². The molecule has 2 bridgehead atoms. The number of carbonyl (C=O) groups excluding carboxylic acids is 2. The molecule has 0 spiro atoms. The maximum Gasteiger partial charge on any atom is 0.251 e. The Morgan fingerprint density at radius 1 is 0.676 bits per heavy atom. The molecular formula is C26H24N2O6. The maximum atomic E-state index is 13.7. The molecule has 2 N–H and O–H groups in total. The van der Waals surface area contributed by atoms with Gasteiger partial charge < -0.3 is 29.5 Å². The Bertz CT molecular complexity index is 1160. The number of methoxy groups -OCH3 is 2. The van der Waals surface area contributed by atoms with Crippen LogP contribution in [0.15, 0.2) is 60.7 Å². The third-order valence-corrected chi connectivity index (χ3v) is 6.45. The van der Waals surface area contributed by atoms with Gasteiger partial charge in [-0.1, -0.05) is 24.3 Å². The van der Waals surface area contributed by atoms with Gasteiger partial charge in [-0.3, -0.25) is 9.59 Å². The molecule has 0 aromatic heterocycles. The smallest absolute Gasteiger partial charge is 0.251 e. The Kier molecular flexibility index (Phi) is 5.28. The third-order valence-electron chi connectivity index (χ3n) is 6.45. The summed E-state index contributed by atoms with van der Waals surface area (Å²) in [4.78, 5) is 30.4. The Morgan fingerprint density at radius 3 is 1.35 bits per heavy atom. The molecule has 1 saturated heterocycles. The Balaban J connectivity index is 1.53. The summed E-state index contributed by atoms with van der Waals surface area (Å²) < 4.78 is 10.4. The number of phenols is 2. The van der Waals surface area contributed by atoms with Gasteiger partial charge in [0.15, 0.2) is 11.5 Å². The average molecular weight is 460 g/mol. The number of hydrogen-bond acceptors (Lipinski definition) is 6. The van der Waals surface area contributed by atoms with Gasteiger partial charge in [-0.05, 0) is 58.7 Å². The topological polar surface area (TPSA) is 99.5 Å². The van der Waals surface area contributed by atoms with Gasteiger partial charge in [0.2, 0.25) is 0 Å². The molecule has 0 aliphatic carbocycles. The zero-order chi connectivity index (χ0) is 24.0. The molecule has 2 atom stereocenters. The molecule has 6 rings (SSSR count). The summed E-state index contributed by atoms with van der Waals surface area (Å²) in [5.74, 6) is 0.291. The van der Waals surface area contributed by atoms with Crippen molar-refractivity contribution in [3.8, 4) is 23.0 Å². The molecule has 3 aromatic rings. The standard InChI is InChI=1S/C26H24N2O6/c1-33-17-7-3-15(4-8-17)13-27-23-19-11-21(29)22(30)12-20(19)24(25(27)31)28(26(23)32)14-16-5-9-18(34-2)10-6-16/h3-12,23-24,29-30H,13-14H2,1-2H3. The summed E-state index contributed by atoms with van der Waals surface area (Å²) in [6.07, 6.45) is 0. The van der Waals surface area contributed by atoms with Gasteiger partial charge in [0, 0.05) is 13.1 Å². The average Bonchev–Trinajstić information content (AvgIpc) is 2.85. The molecule has 3 heterocycles. The van der Waals surface area contributed by atoms with Crippen molar-refractivity contribution < 1.29 is 29.3 Å². The van der Waals surface area contributed by atoms with Crippen LogP contribution < -0.4 is 9.47 Å². The second kappa shape index (κ2) is 8.30. The lowest BCUT2D eigenvalue weighted by atomic mass is 9.81. The van der Waals surface area contributed by atoms with E-state index >= 15 is 0 Å². The number of carbonyl (C=O) groups is 2. The van der Waals surface area contributed by atoms with Gasteiger partial charge in [0.25, 0.3) is 11.8 Å². The highest BCUT2D eigenvalue weighted by atomic mass is 16.5. The van der Waals surface area contributed by atoms with Crippen molar-refractivity contribution in [2.75, 3.05) is 14.2 Å². The molecule has 8 nitrogen and oxygen atoms in total. The monoisotopic (exact) mass is 460 g/mol. The summed E-state index contributed by atoms with van der Waals surface area (Å²) in [5, 5.41) is 20.3. The first-order valence-electron chi connectivity index (χ1n) is 10.8. The van der Waals surface area contributed by atoms with E-state index in [2.05, 4.69) is 0 Å². The van der Waals surface area contributed by atoms with Crippen molar-refractivity contribution in [2.24, 2.45) is 0 Å². The number of piperazine rings is 1. The first kappa shape index (κ1) is 21.6. The lowest BCUT2D eigenvalue weighted by molar-refractivity contribution is -0.167. The second-order valence-corrected chi connectivity index (χ2v) is 8.40. The second-order valence-electron chi connectivity index (χ2n) is 8.40. The molecular weight excluding hydrogens is 436 g/mol. The summed E-state index contributed by atoms with van der Waals surface area (Å²) in [5.41, 5.74) is 2.76. The van der Waals surface area contributed by atoms with Crippen LogP contribution in [0.3, 0.4) is 0 Å². The minimum Gasteiger partial charge on any atom is -0.504 e. The number of ether oxygens (including phenoxy) is 2. The predicted molar refractivity (Wildman–Crippen MR) is 122 cm³/mol. The van der Waals surface area contributed by atoms with Crippen LogP contribution in [0.4, 0.5) is 0 Å². The van der Waals surface area contributed by atoms with Crippen molar-refractivity contribution in [1.29, 1.82) is 0 Å². The molecule has 0 radical (unpaired) electrons. The zero-order valence-electron chi connectivity index (χ0n) is 18.8. The van der Waals surface area contributed by atoms with Crippen LogP contribution in [0, 0.1) is 0 Å². The van der Waals surface area contributed by atoms with Crippen LogP contribution in [0.2, 0.25) is 0 Å². The molecule has 174 valence electrons. The summed E-state index contributed by atoms with van der Waals surface area (Å²) >= 11 is 0. The minimum atomic E-state index is -0.903. The van der Waals surface area contributed by atoms with Gasteiger partial charge in [0.05, 0.1) is 14.2 Å². The van der Waals surface area contributed by atoms with Crippen LogP contribution in [0.5, 0.6) is 23.0 Å². The van der Waals surface area contributed by atoms with E-state index in [1.54, 1.807) is 38.5 Å². The SMILES string of the molecule is COc1ccc(CN2C(=O)C3c4cc(O)c(O)cc4C2C(=O)N3Cc2ccc(OC)cc2)cc1. The number of fused-ring (bicyclic) bond motifs is 2. The van der Waals surface area contributed by atoms with Gasteiger partial charge in [-0.15, -0.1) is 0 Å². The van der Waals surface area contributed by atoms with Crippen molar-refractivity contribution in [3.63, 3.8) is 0 Å². The summed E-state index contributed by atoms with van der Waals surface area (Å²) in [6, 6.07) is 15.6. The lowest BCUT2D eigenvalue weighted by Gasteiger charge is -2.50. The lowest BCUT2D eigenvalue weighted by Crippen LogP contribution is -2.60. The van der Waals surface area contributed by atoms with Crippen molar-refractivity contribution in [3.05, 3.63) is 82.9 Å². The van der Waals surface area contributed by atoms with Crippen LogP contribution >= 0.6 is 0 Å². The normalized spacial score (nSPS) is 18.8. The number of aromatic hydroxyl groups is 2. The van der Waals surface area contributed by atoms with Crippen molar-refractivity contribution in [1.82, 2.24) is 9.80 Å². The summed E-state index contributed by atoms with van der Waals surface area (Å²) in [7, 11) is 3.16. The Morgan fingerprint density at radius 2 is 1.03 bits per heavy atom. The van der Waals surface area contributed by atoms with E-state index in [0.717, 1.165) is 11.1 Å². The largest absolute Gasteiger partial charge is 0.504 e. The zero-order valence-corrected chi connectivity index (χ0v) is 18.8. The number of rotatable bonds is 6. The van der Waals surface area contributed by atoms with Crippen LogP contribution in [0.25, 0.3) is 0 Å². The van der Waals surface area contributed by atoms with Crippen LogP contribution in [-0.4, -0.2) is 46.0 Å². The van der Waals surface area contributed by atoms with E-state index in [1.165, 1.54) is 21.9 Å². The first-order chi connectivity index (χ1) is 16.4. The molecule has 0 saturated carbocycles. The molecule has 3 aliphatic rings. The Hall–Kier alpha value is -4.20. The molecule has 2 amide bonds. The van der Waals surface area contributed by atoms with Gasteiger partial charge >= 0.3 is 0 Å². The molecule has 3 aliphatic heterocycles. The fourth-order valence-electron chi connectivity index (χ4n) is 4.71. The van der Waals surface area contributed by atoms with Crippen LogP contribution in [0.1, 0.15) is 34.3 Å². The highest BCUT2D eigenvalue weighted by Gasteiger charge is 2.53. The third kappa shape index (κ3) is 3.48. The number of amides is 2. The summed E-state index contributed by atoms with van der Waals surface area (Å²) in [6.45, 7) is 0.459. The van der Waals surface area contributed by atoms with Crippen molar-refractivity contribution >= 4 is 11.8 Å². The molecule has 8 heteroatoms. The quantitative estimate of drug-likeness (QED) is 0.548. The predicted octanol–water partition coefficient (Wildman–Crippen LogP) is 3.28. The van der Waals surface area contributed by atoms with Crippen molar-refractivity contribution in [2.45, 2.75) is 25.2 Å². The first-order valence-corrected chi connectivity index (χ1v) is 10.8. The fourth-order valence-corrected chi connectivity index (χ4v) is 4.71. The highest BCUT2D eigenvalue weighted by molar-refractivity contribution is 6.01. The van der Waals surface area contributed by atoms with E-state index in [1.807, 2.05) is 24.3 Å². The van der Waals surface area contributed by atoms with Gasteiger partial charge in [-0.2, -0.15) is 0 Å². The maximum absolute atomic E-state index is 13.7. The molecule has 2 unspecified atom stereocenters.